The quantitative estimate of drug-likeness (QED) is 0.0218. The third-order valence-electron chi connectivity index (χ3n) is 8.00. The van der Waals surface area contributed by atoms with Crippen molar-refractivity contribution < 1.29 is 95.2 Å². The van der Waals surface area contributed by atoms with Crippen molar-refractivity contribution in [2.75, 3.05) is 30.4 Å². The predicted molar refractivity (Wildman–Crippen MR) is 219 cm³/mol. The number of ketones is 1. The Labute approximate surface area is 365 Å². The van der Waals surface area contributed by atoms with Gasteiger partial charge in [-0.3, -0.25) is 33.1 Å². The topological polar surface area (TPSA) is 429 Å². The van der Waals surface area contributed by atoms with Gasteiger partial charge in [0.1, 0.15) is 24.2 Å². The minimum Gasteiger partial charge on any atom is -0.481 e. The first-order valence-corrected chi connectivity index (χ1v) is 25.3. The lowest BCUT2D eigenvalue weighted by atomic mass is 10.0. The van der Waals surface area contributed by atoms with Crippen molar-refractivity contribution in [1.29, 1.82) is 0 Å². The van der Waals surface area contributed by atoms with Crippen molar-refractivity contribution in [2.24, 2.45) is 0 Å². The molecule has 0 bridgehead atoms. The number of anilines is 1. The van der Waals surface area contributed by atoms with E-state index in [9.17, 15) is 62.2 Å². The van der Waals surface area contributed by atoms with Gasteiger partial charge in [0.15, 0.2) is 5.78 Å². The van der Waals surface area contributed by atoms with E-state index in [2.05, 4.69) is 45.9 Å². The Morgan fingerprint density at radius 2 is 1.62 bits per heavy atom. The molecule has 12 N–H and O–H groups in total. The Morgan fingerprint density at radius 1 is 0.952 bits per heavy atom. The summed E-state index contributed by atoms with van der Waals surface area (Å²) in [5.74, 6) is 1.15. The second kappa shape index (κ2) is 26.3. The van der Waals surface area contributed by atoms with Crippen molar-refractivity contribution in [1.82, 2.24) is 25.5 Å². The Hall–Kier alpha value is -3.71. The maximum atomic E-state index is 12.8. The highest BCUT2D eigenvalue weighted by molar-refractivity contribution is 8.76. The van der Waals surface area contributed by atoms with Crippen LogP contribution in [-0.4, -0.2) is 129 Å². The highest BCUT2D eigenvalue weighted by Crippen LogP contribution is 2.66. The number of carbonyl (C=O) groups excluding carboxylic acids is 4. The van der Waals surface area contributed by atoms with E-state index >= 15 is 0 Å². The van der Waals surface area contributed by atoms with Gasteiger partial charge in [0.25, 0.3) is 0 Å². The van der Waals surface area contributed by atoms with E-state index in [1.54, 1.807) is 0 Å². The lowest BCUT2D eigenvalue weighted by Gasteiger charge is -2.19. The molecule has 2 rings (SSSR count). The second-order valence-electron chi connectivity index (χ2n) is 13.2. The number of rotatable bonds is 28. The zero-order valence-corrected chi connectivity index (χ0v) is 37.4. The summed E-state index contributed by atoms with van der Waals surface area (Å²) in [5.41, 5.74) is 4.90. The molecule has 354 valence electrons. The van der Waals surface area contributed by atoms with Gasteiger partial charge in [-0.25, -0.2) is 23.3 Å². The number of unbranched alkanes of at least 4 members (excludes halogenated alkanes) is 3. The summed E-state index contributed by atoms with van der Waals surface area (Å²) in [6.07, 6.45) is -1.86. The van der Waals surface area contributed by atoms with Crippen LogP contribution < -0.4 is 27.4 Å². The van der Waals surface area contributed by atoms with E-state index in [4.69, 9.17) is 30.5 Å². The molecule has 0 spiro atoms. The second-order valence-corrected chi connectivity index (χ2v) is 20.2. The van der Waals surface area contributed by atoms with E-state index < -0.39 is 96.5 Å². The number of hydrogen-bond donors (Lipinski definition) is 11. The number of nitrogens with two attached hydrogens (primary N) is 1. The molecule has 0 saturated carbocycles. The van der Waals surface area contributed by atoms with Gasteiger partial charge in [-0.05, 0) is 12.8 Å². The molecule has 63 heavy (non-hydrogen) atoms. The molecule has 32 heteroatoms. The van der Waals surface area contributed by atoms with E-state index in [1.807, 2.05) is 0 Å². The molecule has 0 aromatic carbocycles. The monoisotopic (exact) mass is 996 g/mol. The Kier molecular flexibility index (Phi) is 23.1. The largest absolute Gasteiger partial charge is 0.490 e. The van der Waals surface area contributed by atoms with Gasteiger partial charge in [0.05, 0.1) is 37.3 Å². The van der Waals surface area contributed by atoms with Crippen molar-refractivity contribution in [3.05, 3.63) is 22.2 Å². The van der Waals surface area contributed by atoms with Gasteiger partial charge in [-0.2, -0.15) is 13.6 Å². The van der Waals surface area contributed by atoms with E-state index in [1.165, 1.54) is 28.5 Å². The number of nitrogens with zero attached hydrogens (tertiary/aromatic N) is 2. The molecule has 1 saturated heterocycles. The molecule has 0 radical (unpaired) electrons. The van der Waals surface area contributed by atoms with Gasteiger partial charge in [-0.15, -0.1) is 0 Å². The molecule has 7 unspecified atom stereocenters. The number of nitrogens with one attached hydrogen (secondary N) is 3. The molecule has 0 aliphatic carbocycles. The molecule has 27 nitrogen and oxygen atoms in total. The first-order valence-electron chi connectivity index (χ1n) is 18.3. The number of amides is 3. The van der Waals surface area contributed by atoms with Gasteiger partial charge in [0, 0.05) is 50.3 Å². The van der Waals surface area contributed by atoms with E-state index in [-0.39, 0.29) is 61.1 Å². The number of aliphatic hydroxyl groups excluding tert-OH is 1. The Bertz CT molecular complexity index is 2080. The third-order valence-corrected chi connectivity index (χ3v) is 14.2. The lowest BCUT2D eigenvalue weighted by molar-refractivity contribution is -0.147. The van der Waals surface area contributed by atoms with Crippen LogP contribution in [0.3, 0.4) is 0 Å². The highest BCUT2D eigenvalue weighted by Gasteiger charge is 2.43. The molecule has 1 aliphatic heterocycles. The summed E-state index contributed by atoms with van der Waals surface area (Å²) in [6, 6.07) is -2.31. The lowest BCUT2D eigenvalue weighted by Crippen LogP contribution is -2.42. The van der Waals surface area contributed by atoms with Crippen LogP contribution in [0, 0.1) is 11.8 Å². The minimum absolute atomic E-state index is 0.0156. The van der Waals surface area contributed by atoms with Crippen LogP contribution in [0.5, 0.6) is 0 Å². The number of aliphatic carboxylic acids is 2. The number of Topliss-reactive ketones (excluding diaryl/α,β-unsaturated/α-hetero) is 1. The molecule has 1 fully saturated rings. The van der Waals surface area contributed by atoms with E-state index in [0.29, 0.717) is 31.4 Å². The van der Waals surface area contributed by atoms with Crippen LogP contribution in [0.25, 0.3) is 0 Å². The molecule has 7 atom stereocenters. The Balaban J connectivity index is 1.77. The van der Waals surface area contributed by atoms with Crippen molar-refractivity contribution >= 4 is 86.3 Å². The average Bonchev–Trinajstić information content (AvgIpc) is 3.51. The van der Waals surface area contributed by atoms with Crippen LogP contribution >= 0.6 is 45.1 Å². The maximum absolute atomic E-state index is 12.8. The molecule has 1 aromatic heterocycles. The smallest absolute Gasteiger partial charge is 0.481 e. The number of carboxylic acid groups (broad SMARTS) is 2. The number of aliphatic hydroxyl groups is 1. The summed E-state index contributed by atoms with van der Waals surface area (Å²) >= 11 is 0. The van der Waals surface area contributed by atoms with Gasteiger partial charge >= 0.3 is 41.1 Å². The van der Waals surface area contributed by atoms with Gasteiger partial charge in [-0.1, -0.05) is 46.3 Å². The first kappa shape index (κ1) is 55.4. The summed E-state index contributed by atoms with van der Waals surface area (Å²) in [6.45, 7) is 0.144. The number of ether oxygens (including phenoxy) is 1. The predicted octanol–water partition coefficient (Wildman–Crippen LogP) is -0.485. The third kappa shape index (κ3) is 22.7. The van der Waals surface area contributed by atoms with Crippen LogP contribution in [0.1, 0.15) is 76.5 Å². The number of carboxylic acids is 2. The molecule has 1 aromatic rings. The van der Waals surface area contributed by atoms with Crippen LogP contribution in [0.2, 0.25) is 0 Å². The zero-order chi connectivity index (χ0) is 47.5. The maximum Gasteiger partial charge on any atom is 0.490 e. The fourth-order valence-electron chi connectivity index (χ4n) is 5.19. The minimum atomic E-state index is -5.79. The van der Waals surface area contributed by atoms with E-state index in [0.717, 1.165) is 10.8 Å². The summed E-state index contributed by atoms with van der Waals surface area (Å²) in [4.78, 5) is 123. The fraction of sp³-hybridized carbons (Fsp3) is 0.613. The van der Waals surface area contributed by atoms with Gasteiger partial charge in [0.2, 0.25) is 17.7 Å². The van der Waals surface area contributed by atoms with Crippen molar-refractivity contribution in [3.63, 3.8) is 0 Å². The number of nitrogen functional groups attached to an aromatic ring is 1. The molecular formula is C31H47N6O21P3S2. The van der Waals surface area contributed by atoms with Crippen LogP contribution in [0.15, 0.2) is 11.0 Å². The average molecular weight is 997 g/mol. The zero-order valence-electron chi connectivity index (χ0n) is 33.1. The first-order chi connectivity index (χ1) is 29.3. The summed E-state index contributed by atoms with van der Waals surface area (Å²) < 4.78 is 52.5. The number of hydrogen-bond acceptors (Lipinski definition) is 19. The van der Waals surface area contributed by atoms with Crippen LogP contribution in [0.4, 0.5) is 5.82 Å². The number of aromatic nitrogens is 2. The molecule has 1 aliphatic rings. The Morgan fingerprint density at radius 3 is 2.24 bits per heavy atom. The van der Waals surface area contributed by atoms with Crippen molar-refractivity contribution in [3.8, 4) is 11.8 Å². The summed E-state index contributed by atoms with van der Waals surface area (Å²) in [5, 5.41) is 35.5. The SMILES string of the molecule is CC(=O)NC(CSSCCC(=O)NCC#Cc1cn(C2CC(O)C(COP(=O)(O)OP(=O)(O)OP(=O)(O)O)O2)c(=O)nc1N)C(=O)CCCCCCC(=O)NC(CC(=O)O)C(=O)O. The number of carbonyl (C=O) groups is 6. The van der Waals surface area contributed by atoms with Gasteiger partial charge < -0.3 is 61.3 Å². The molecule has 2 heterocycles. The molecule has 3 amide bonds. The van der Waals surface area contributed by atoms with Crippen molar-refractivity contribution in [2.45, 2.75) is 95.2 Å². The van der Waals surface area contributed by atoms with Crippen LogP contribution in [-0.2, 0) is 60.3 Å². The fourth-order valence-corrected chi connectivity index (χ4v) is 10.4. The number of phosphoric ester groups is 1. The number of phosphoric acid groups is 3. The molecular weight excluding hydrogens is 949 g/mol. The highest BCUT2D eigenvalue weighted by atomic mass is 33.1. The normalized spacial score (nSPS) is 19.0. The standard InChI is InChI=1S/C31H47N6O21P3S2/c1-18(38)34-21(22(39)8-4-2-3-5-9-26(42)35-20(30(45)46)13-28(43)44)17-63-62-12-10-25(41)33-11-6-7-19-15-37(31(47)36-29(19)32)27-14-23(40)24(56-27)16-55-60(51,52)58-61(53,54)57-59(48,49)50/h15,20-21,23-24,27,40H,2-5,8-14,16-17H2,1H3,(H,33,41)(H,34,38)(H,35,42)(H,43,44)(H,45,46)(H,51,52)(H,53,54)(H2,32,36,47)(H2,48,49,50). The summed E-state index contributed by atoms with van der Waals surface area (Å²) in [7, 11) is -14.4.